The highest BCUT2D eigenvalue weighted by Gasteiger charge is 2.14. The summed E-state index contributed by atoms with van der Waals surface area (Å²) in [6.07, 6.45) is 0. The van der Waals surface area contributed by atoms with E-state index < -0.39 is 5.97 Å². The number of hydrogen-bond acceptors (Lipinski definition) is 3. The van der Waals surface area contributed by atoms with Gasteiger partial charge in [-0.05, 0) is 42.5 Å². The van der Waals surface area contributed by atoms with Crippen molar-refractivity contribution in [3.8, 4) is 17.1 Å². The highest BCUT2D eigenvalue weighted by molar-refractivity contribution is 6.36. The molecule has 4 rings (SSSR count). The molecule has 26 heavy (non-hydrogen) atoms. The molecule has 0 fully saturated rings. The van der Waals surface area contributed by atoms with E-state index in [-0.39, 0.29) is 10.6 Å². The lowest BCUT2D eigenvalue weighted by atomic mass is 10.2. The number of aromatic amines is 1. The van der Waals surface area contributed by atoms with E-state index in [1.165, 1.54) is 12.1 Å². The molecule has 1 aromatic heterocycles. The minimum absolute atomic E-state index is 0.246. The Hall–Kier alpha value is -2.82. The number of para-hydroxylation sites is 2. The normalized spacial score (nSPS) is 10.8. The van der Waals surface area contributed by atoms with Crippen molar-refractivity contribution >= 4 is 40.2 Å². The van der Waals surface area contributed by atoms with Crippen LogP contribution in [0.25, 0.3) is 22.4 Å². The number of hydrogen-bond donors (Lipinski definition) is 1. The fourth-order valence-electron chi connectivity index (χ4n) is 2.61. The zero-order valence-electron chi connectivity index (χ0n) is 13.4. The van der Waals surface area contributed by atoms with E-state index in [2.05, 4.69) is 9.97 Å². The monoisotopic (exact) mass is 382 g/mol. The van der Waals surface area contributed by atoms with Crippen molar-refractivity contribution in [2.24, 2.45) is 0 Å². The molecule has 0 radical (unpaired) electrons. The maximum Gasteiger partial charge on any atom is 0.345 e. The number of aromatic nitrogens is 2. The van der Waals surface area contributed by atoms with Gasteiger partial charge in [-0.25, -0.2) is 9.78 Å². The van der Waals surface area contributed by atoms with Crippen molar-refractivity contribution in [3.63, 3.8) is 0 Å². The van der Waals surface area contributed by atoms with Gasteiger partial charge in [0.05, 0.1) is 21.6 Å². The molecule has 0 aliphatic rings. The summed E-state index contributed by atoms with van der Waals surface area (Å²) in [7, 11) is 0. The van der Waals surface area contributed by atoms with Crippen molar-refractivity contribution < 1.29 is 9.53 Å². The van der Waals surface area contributed by atoms with Crippen LogP contribution >= 0.6 is 23.2 Å². The molecule has 0 bridgehead atoms. The van der Waals surface area contributed by atoms with Crippen LogP contribution in [0.5, 0.6) is 5.75 Å². The molecule has 0 saturated carbocycles. The molecule has 0 atom stereocenters. The summed E-state index contributed by atoms with van der Waals surface area (Å²) in [5.41, 5.74) is 2.88. The Morgan fingerprint density at radius 3 is 2.62 bits per heavy atom. The predicted octanol–water partition coefficient (Wildman–Crippen LogP) is 5.76. The van der Waals surface area contributed by atoms with Crippen molar-refractivity contribution in [1.29, 1.82) is 0 Å². The number of nitrogens with one attached hydrogen (secondary N) is 1. The Kier molecular flexibility index (Phi) is 4.37. The van der Waals surface area contributed by atoms with E-state index in [9.17, 15) is 4.79 Å². The Morgan fingerprint density at radius 1 is 0.962 bits per heavy atom. The van der Waals surface area contributed by atoms with Gasteiger partial charge < -0.3 is 9.72 Å². The largest absolute Gasteiger partial charge is 0.423 e. The number of fused-ring (bicyclic) bond motifs is 1. The quantitative estimate of drug-likeness (QED) is 0.362. The van der Waals surface area contributed by atoms with Gasteiger partial charge in [-0.15, -0.1) is 0 Å². The first kappa shape index (κ1) is 16.6. The first-order chi connectivity index (χ1) is 12.6. The topological polar surface area (TPSA) is 55.0 Å². The van der Waals surface area contributed by atoms with Crippen molar-refractivity contribution in [2.75, 3.05) is 0 Å². The number of carbonyl (C=O) groups excluding carboxylic acids is 1. The van der Waals surface area contributed by atoms with E-state index in [0.29, 0.717) is 16.6 Å². The lowest BCUT2D eigenvalue weighted by Crippen LogP contribution is -2.09. The molecule has 0 aliphatic carbocycles. The van der Waals surface area contributed by atoms with Crippen molar-refractivity contribution in [1.82, 2.24) is 9.97 Å². The average Bonchev–Trinajstić information content (AvgIpc) is 3.06. The maximum absolute atomic E-state index is 12.4. The van der Waals surface area contributed by atoms with Crippen LogP contribution in [-0.2, 0) is 0 Å². The second-order valence-corrected chi connectivity index (χ2v) is 6.49. The van der Waals surface area contributed by atoms with E-state index in [1.807, 2.05) is 30.3 Å². The first-order valence-corrected chi connectivity index (χ1v) is 8.58. The van der Waals surface area contributed by atoms with Crippen LogP contribution in [0.2, 0.25) is 10.0 Å². The van der Waals surface area contributed by atoms with Gasteiger partial charge in [0.25, 0.3) is 0 Å². The van der Waals surface area contributed by atoms with E-state index >= 15 is 0 Å². The molecule has 6 heteroatoms. The Labute approximate surface area is 159 Å². The van der Waals surface area contributed by atoms with Crippen LogP contribution in [0.3, 0.4) is 0 Å². The molecule has 0 unspecified atom stereocenters. The van der Waals surface area contributed by atoms with Gasteiger partial charge in [-0.3, -0.25) is 0 Å². The summed E-state index contributed by atoms with van der Waals surface area (Å²) < 4.78 is 5.45. The molecule has 128 valence electrons. The van der Waals surface area contributed by atoms with Gasteiger partial charge in [-0.1, -0.05) is 47.5 Å². The van der Waals surface area contributed by atoms with Gasteiger partial charge >= 0.3 is 5.97 Å². The van der Waals surface area contributed by atoms with Crippen LogP contribution in [0, 0.1) is 0 Å². The molecule has 0 spiro atoms. The zero-order valence-corrected chi connectivity index (χ0v) is 14.9. The van der Waals surface area contributed by atoms with Gasteiger partial charge in [0.1, 0.15) is 11.6 Å². The molecular weight excluding hydrogens is 371 g/mol. The SMILES string of the molecule is O=C(Oc1cccc(-c2nc3ccccc3[nH]2)c1)c1ccc(Cl)cc1Cl. The van der Waals surface area contributed by atoms with Crippen LogP contribution < -0.4 is 4.74 Å². The molecule has 0 amide bonds. The third kappa shape index (κ3) is 3.29. The number of halogens is 2. The molecule has 0 aliphatic heterocycles. The molecule has 4 aromatic rings. The smallest absolute Gasteiger partial charge is 0.345 e. The second kappa shape index (κ2) is 6.83. The Bertz CT molecular complexity index is 1090. The number of nitrogens with zero attached hydrogens (tertiary/aromatic N) is 1. The van der Waals surface area contributed by atoms with Crippen molar-refractivity contribution in [2.45, 2.75) is 0 Å². The Morgan fingerprint density at radius 2 is 1.81 bits per heavy atom. The number of H-pyrrole nitrogens is 1. The summed E-state index contributed by atoms with van der Waals surface area (Å²) in [5.74, 6) is 0.556. The minimum atomic E-state index is -0.548. The molecule has 1 N–H and O–H groups in total. The Balaban J connectivity index is 1.62. The van der Waals surface area contributed by atoms with E-state index in [1.54, 1.807) is 24.3 Å². The molecule has 1 heterocycles. The number of esters is 1. The minimum Gasteiger partial charge on any atom is -0.423 e. The standard InChI is InChI=1S/C20H12Cl2N2O2/c21-13-8-9-15(16(22)11-13)20(25)26-14-5-3-4-12(10-14)19-23-17-6-1-2-7-18(17)24-19/h1-11H,(H,23,24). The molecule has 4 nitrogen and oxygen atoms in total. The van der Waals surface area contributed by atoms with Gasteiger partial charge in [-0.2, -0.15) is 0 Å². The van der Waals surface area contributed by atoms with Gasteiger partial charge in [0.2, 0.25) is 0 Å². The van der Waals surface area contributed by atoms with E-state index in [4.69, 9.17) is 27.9 Å². The summed E-state index contributed by atoms with van der Waals surface area (Å²) >= 11 is 11.9. The van der Waals surface area contributed by atoms with Crippen LogP contribution in [-0.4, -0.2) is 15.9 Å². The first-order valence-electron chi connectivity index (χ1n) is 7.82. The number of carbonyl (C=O) groups is 1. The summed E-state index contributed by atoms with van der Waals surface area (Å²) in [6.45, 7) is 0. The van der Waals surface area contributed by atoms with E-state index in [0.717, 1.165) is 16.6 Å². The molecule has 0 saturated heterocycles. The maximum atomic E-state index is 12.4. The van der Waals surface area contributed by atoms with Crippen LogP contribution in [0.4, 0.5) is 0 Å². The van der Waals surface area contributed by atoms with Crippen molar-refractivity contribution in [3.05, 3.63) is 82.3 Å². The highest BCUT2D eigenvalue weighted by atomic mass is 35.5. The van der Waals surface area contributed by atoms with Crippen LogP contribution in [0.1, 0.15) is 10.4 Å². The number of rotatable bonds is 3. The lowest BCUT2D eigenvalue weighted by Gasteiger charge is -2.07. The fraction of sp³-hybridized carbons (Fsp3) is 0. The fourth-order valence-corrected chi connectivity index (χ4v) is 3.10. The molecular formula is C20H12Cl2N2O2. The van der Waals surface area contributed by atoms with Gasteiger partial charge in [0.15, 0.2) is 0 Å². The summed E-state index contributed by atoms with van der Waals surface area (Å²) in [6, 6.07) is 19.5. The van der Waals surface area contributed by atoms with Crippen LogP contribution in [0.15, 0.2) is 66.7 Å². The predicted molar refractivity (Wildman–Crippen MR) is 103 cm³/mol. The van der Waals surface area contributed by atoms with Gasteiger partial charge in [0, 0.05) is 10.6 Å². The highest BCUT2D eigenvalue weighted by Crippen LogP contribution is 2.26. The number of ether oxygens (including phenoxy) is 1. The third-order valence-corrected chi connectivity index (χ3v) is 4.41. The lowest BCUT2D eigenvalue weighted by molar-refractivity contribution is 0.0735. The summed E-state index contributed by atoms with van der Waals surface area (Å²) in [4.78, 5) is 20.2. The summed E-state index contributed by atoms with van der Waals surface area (Å²) in [5, 5.41) is 0.703. The second-order valence-electron chi connectivity index (χ2n) is 5.64. The number of benzene rings is 3. The third-order valence-electron chi connectivity index (χ3n) is 3.86. The number of imidazole rings is 1. The molecule has 3 aromatic carbocycles. The zero-order chi connectivity index (χ0) is 18.1. The average molecular weight is 383 g/mol.